The molecule has 1 amide bonds. The first-order valence-corrected chi connectivity index (χ1v) is 10.1. The van der Waals surface area contributed by atoms with Crippen LogP contribution >= 0.6 is 0 Å². The minimum atomic E-state index is -0.400. The SMILES string of the molecule is COc1ccccc1C1C(C(=O)Nc2ccccc2)=C(C)Nc2nc3ccccc3n21. The van der Waals surface area contributed by atoms with Gasteiger partial charge in [0, 0.05) is 16.9 Å². The smallest absolute Gasteiger partial charge is 0.255 e. The Balaban J connectivity index is 1.71. The summed E-state index contributed by atoms with van der Waals surface area (Å²) in [5.74, 6) is 1.25. The van der Waals surface area contributed by atoms with Crippen LogP contribution < -0.4 is 15.4 Å². The molecule has 0 saturated carbocycles. The van der Waals surface area contributed by atoms with E-state index < -0.39 is 6.04 Å². The highest BCUT2D eigenvalue weighted by molar-refractivity contribution is 6.06. The molecule has 1 atom stereocenters. The summed E-state index contributed by atoms with van der Waals surface area (Å²) in [5.41, 5.74) is 4.82. The number of amides is 1. The van der Waals surface area contributed by atoms with Gasteiger partial charge in [0.05, 0.1) is 29.8 Å². The fourth-order valence-electron chi connectivity index (χ4n) is 4.16. The Kier molecular flexibility index (Phi) is 4.67. The molecule has 0 spiro atoms. The lowest BCUT2D eigenvalue weighted by Gasteiger charge is -2.31. The molecular weight excluding hydrogens is 388 g/mol. The van der Waals surface area contributed by atoms with Gasteiger partial charge in [-0.25, -0.2) is 4.98 Å². The lowest BCUT2D eigenvalue weighted by molar-refractivity contribution is -0.113. The van der Waals surface area contributed by atoms with Gasteiger partial charge in [-0.15, -0.1) is 0 Å². The van der Waals surface area contributed by atoms with Crippen LogP contribution in [0.15, 0.2) is 90.1 Å². The molecule has 6 nitrogen and oxygen atoms in total. The Morgan fingerprint density at radius 3 is 2.52 bits per heavy atom. The molecule has 31 heavy (non-hydrogen) atoms. The summed E-state index contributed by atoms with van der Waals surface area (Å²) in [6.07, 6.45) is 0. The van der Waals surface area contributed by atoms with E-state index >= 15 is 0 Å². The van der Waals surface area contributed by atoms with Crippen molar-refractivity contribution in [2.45, 2.75) is 13.0 Å². The van der Waals surface area contributed by atoms with Crippen LogP contribution in [0.25, 0.3) is 11.0 Å². The number of para-hydroxylation sites is 4. The molecule has 0 saturated heterocycles. The van der Waals surface area contributed by atoms with Gasteiger partial charge in [-0.2, -0.15) is 0 Å². The summed E-state index contributed by atoms with van der Waals surface area (Å²) >= 11 is 0. The van der Waals surface area contributed by atoms with Crippen LogP contribution in [0, 0.1) is 0 Å². The number of aromatic nitrogens is 2. The fraction of sp³-hybridized carbons (Fsp3) is 0.120. The molecule has 1 aliphatic heterocycles. The van der Waals surface area contributed by atoms with Crippen molar-refractivity contribution in [1.82, 2.24) is 9.55 Å². The van der Waals surface area contributed by atoms with Gasteiger partial charge in [-0.1, -0.05) is 48.5 Å². The summed E-state index contributed by atoms with van der Waals surface area (Å²) < 4.78 is 7.74. The quantitative estimate of drug-likeness (QED) is 0.498. The highest BCUT2D eigenvalue weighted by atomic mass is 16.5. The molecule has 154 valence electrons. The number of nitrogens with one attached hydrogen (secondary N) is 2. The van der Waals surface area contributed by atoms with Gasteiger partial charge in [-0.05, 0) is 37.3 Å². The van der Waals surface area contributed by atoms with Gasteiger partial charge in [0.25, 0.3) is 5.91 Å². The van der Waals surface area contributed by atoms with Gasteiger partial charge < -0.3 is 15.4 Å². The van der Waals surface area contributed by atoms with Crippen LogP contribution in [0.1, 0.15) is 18.5 Å². The van der Waals surface area contributed by atoms with E-state index in [1.807, 2.05) is 85.8 Å². The van der Waals surface area contributed by atoms with Crippen molar-refractivity contribution in [2.24, 2.45) is 0 Å². The standard InChI is InChI=1S/C25H22N4O2/c1-16-22(24(30)27-17-10-4-3-5-11-17)23(18-12-6-9-15-21(18)31-2)29-20-14-8-7-13-19(20)28-25(29)26-16/h3-15,23H,1-2H3,(H,26,28)(H,27,30). The molecule has 2 N–H and O–H groups in total. The van der Waals surface area contributed by atoms with E-state index in [2.05, 4.69) is 15.2 Å². The Morgan fingerprint density at radius 2 is 1.71 bits per heavy atom. The molecular formula is C25H22N4O2. The number of nitrogens with zero attached hydrogens (tertiary/aromatic N) is 2. The Labute approximate surface area is 180 Å². The maximum absolute atomic E-state index is 13.5. The normalized spacial score (nSPS) is 15.4. The summed E-state index contributed by atoms with van der Waals surface area (Å²) in [5, 5.41) is 6.37. The third kappa shape index (κ3) is 3.22. The van der Waals surface area contributed by atoms with Crippen molar-refractivity contribution in [2.75, 3.05) is 17.7 Å². The number of rotatable bonds is 4. The van der Waals surface area contributed by atoms with Crippen molar-refractivity contribution in [3.05, 3.63) is 95.7 Å². The monoisotopic (exact) mass is 410 g/mol. The molecule has 0 bridgehead atoms. The highest BCUT2D eigenvalue weighted by Gasteiger charge is 2.35. The zero-order valence-electron chi connectivity index (χ0n) is 17.3. The number of benzene rings is 3. The Hall–Kier alpha value is -4.06. The molecule has 2 heterocycles. The zero-order chi connectivity index (χ0) is 21.4. The second-order valence-electron chi connectivity index (χ2n) is 7.42. The van der Waals surface area contributed by atoms with Crippen LogP contribution in [-0.4, -0.2) is 22.6 Å². The summed E-state index contributed by atoms with van der Waals surface area (Å²) in [6, 6.07) is 24.8. The first kappa shape index (κ1) is 18.9. The van der Waals surface area contributed by atoms with Crippen molar-refractivity contribution in [3.8, 4) is 5.75 Å². The number of ether oxygens (including phenoxy) is 1. The minimum absolute atomic E-state index is 0.171. The van der Waals surface area contributed by atoms with Gasteiger partial charge in [0.2, 0.25) is 5.95 Å². The highest BCUT2D eigenvalue weighted by Crippen LogP contribution is 2.42. The molecule has 3 aromatic carbocycles. The molecule has 0 fully saturated rings. The third-order valence-electron chi connectivity index (χ3n) is 5.54. The van der Waals surface area contributed by atoms with Gasteiger partial charge in [-0.3, -0.25) is 9.36 Å². The van der Waals surface area contributed by atoms with E-state index in [9.17, 15) is 4.79 Å². The lowest BCUT2D eigenvalue weighted by Crippen LogP contribution is -2.31. The van der Waals surface area contributed by atoms with Crippen LogP contribution in [0.5, 0.6) is 5.75 Å². The number of hydrogen-bond acceptors (Lipinski definition) is 4. The van der Waals surface area contributed by atoms with Gasteiger partial charge in [0.1, 0.15) is 5.75 Å². The van der Waals surface area contributed by atoms with E-state index in [0.29, 0.717) is 11.5 Å². The first-order valence-electron chi connectivity index (χ1n) is 10.1. The number of carbonyl (C=O) groups excluding carboxylic acids is 1. The third-order valence-corrected chi connectivity index (χ3v) is 5.54. The van der Waals surface area contributed by atoms with Crippen molar-refractivity contribution in [1.29, 1.82) is 0 Å². The number of hydrogen-bond donors (Lipinski definition) is 2. The second kappa shape index (κ2) is 7.65. The average Bonchev–Trinajstić information content (AvgIpc) is 3.16. The summed E-state index contributed by atoms with van der Waals surface area (Å²) in [4.78, 5) is 18.3. The topological polar surface area (TPSA) is 68.2 Å². The molecule has 1 aromatic heterocycles. The van der Waals surface area contributed by atoms with Crippen LogP contribution in [0.2, 0.25) is 0 Å². The molecule has 1 aliphatic rings. The predicted molar refractivity (Wildman–Crippen MR) is 122 cm³/mol. The summed E-state index contributed by atoms with van der Waals surface area (Å²) in [7, 11) is 1.65. The van der Waals surface area contributed by atoms with Gasteiger partial charge >= 0.3 is 0 Å². The zero-order valence-corrected chi connectivity index (χ0v) is 17.3. The molecule has 0 radical (unpaired) electrons. The summed E-state index contributed by atoms with van der Waals surface area (Å²) in [6.45, 7) is 1.91. The van der Waals surface area contributed by atoms with Crippen molar-refractivity contribution < 1.29 is 9.53 Å². The van der Waals surface area contributed by atoms with E-state index in [4.69, 9.17) is 9.72 Å². The Bertz CT molecular complexity index is 1310. The number of allylic oxidation sites excluding steroid dienone is 1. The van der Waals surface area contributed by atoms with Gasteiger partial charge in [0.15, 0.2) is 0 Å². The van der Waals surface area contributed by atoms with Crippen LogP contribution in [0.4, 0.5) is 11.6 Å². The number of imidazole rings is 1. The van der Waals surface area contributed by atoms with Crippen LogP contribution in [0.3, 0.4) is 0 Å². The molecule has 1 unspecified atom stereocenters. The van der Waals surface area contributed by atoms with E-state index in [1.165, 1.54) is 0 Å². The van der Waals surface area contributed by atoms with E-state index in [-0.39, 0.29) is 5.91 Å². The van der Waals surface area contributed by atoms with Crippen molar-refractivity contribution >= 4 is 28.6 Å². The Morgan fingerprint density at radius 1 is 1.00 bits per heavy atom. The number of carbonyl (C=O) groups is 1. The number of methoxy groups -OCH3 is 1. The van der Waals surface area contributed by atoms with E-state index in [1.54, 1.807) is 7.11 Å². The van der Waals surface area contributed by atoms with Crippen LogP contribution in [-0.2, 0) is 4.79 Å². The lowest BCUT2D eigenvalue weighted by atomic mass is 9.93. The maximum atomic E-state index is 13.5. The average molecular weight is 410 g/mol. The van der Waals surface area contributed by atoms with Crippen molar-refractivity contribution in [3.63, 3.8) is 0 Å². The number of anilines is 2. The maximum Gasteiger partial charge on any atom is 0.255 e. The predicted octanol–water partition coefficient (Wildman–Crippen LogP) is 4.97. The largest absolute Gasteiger partial charge is 0.496 e. The van der Waals surface area contributed by atoms with E-state index in [0.717, 1.165) is 33.7 Å². The fourth-order valence-corrected chi connectivity index (χ4v) is 4.16. The molecule has 6 heteroatoms. The molecule has 5 rings (SSSR count). The first-order chi connectivity index (χ1) is 15.2. The second-order valence-corrected chi connectivity index (χ2v) is 7.42. The molecule has 4 aromatic rings. The molecule has 0 aliphatic carbocycles. The number of fused-ring (bicyclic) bond motifs is 3. The minimum Gasteiger partial charge on any atom is -0.496 e.